The van der Waals surface area contributed by atoms with Gasteiger partial charge in [-0.25, -0.2) is 0 Å². The number of ketones is 1. The molecule has 0 aliphatic carbocycles. The van der Waals surface area contributed by atoms with Gasteiger partial charge >= 0.3 is 0 Å². The first kappa shape index (κ1) is 15.7. The molecule has 3 rings (SSSR count). The largest absolute Gasteiger partial charge is 0.493 e. The fourth-order valence-electron chi connectivity index (χ4n) is 2.81. The summed E-state index contributed by atoms with van der Waals surface area (Å²) in [5, 5.41) is 0.525. The summed E-state index contributed by atoms with van der Waals surface area (Å²) in [5.41, 5.74) is 1.39. The summed E-state index contributed by atoms with van der Waals surface area (Å²) in [6.07, 6.45) is -0.379. The van der Waals surface area contributed by atoms with Gasteiger partial charge in [-0.3, -0.25) is 4.79 Å². The van der Waals surface area contributed by atoms with Crippen molar-refractivity contribution in [1.29, 1.82) is 0 Å². The summed E-state index contributed by atoms with van der Waals surface area (Å²) in [6, 6.07) is 10.6. The zero-order chi connectivity index (χ0) is 16.6. The lowest BCUT2D eigenvalue weighted by molar-refractivity contribution is 0.0690. The molecule has 1 heterocycles. The molecule has 0 aromatic heterocycles. The van der Waals surface area contributed by atoms with Gasteiger partial charge in [0.2, 0.25) is 0 Å². The number of methoxy groups -OCH3 is 2. The van der Waals surface area contributed by atoms with Gasteiger partial charge in [-0.1, -0.05) is 24.6 Å². The molecule has 2 unspecified atom stereocenters. The highest BCUT2D eigenvalue weighted by atomic mass is 35.5. The second-order valence-electron chi connectivity index (χ2n) is 5.45. The van der Waals surface area contributed by atoms with Crippen LogP contribution in [0.1, 0.15) is 28.9 Å². The van der Waals surface area contributed by atoms with Crippen molar-refractivity contribution in [3.8, 4) is 17.2 Å². The lowest BCUT2D eigenvalue weighted by Gasteiger charge is -2.31. The van der Waals surface area contributed by atoms with Crippen LogP contribution in [-0.4, -0.2) is 20.0 Å². The SMILES string of the molecule is COc1ccc(C2Oc3ccc(Cl)cc3C(=O)C2C)cc1OC. The van der Waals surface area contributed by atoms with E-state index in [-0.39, 0.29) is 17.8 Å². The van der Waals surface area contributed by atoms with E-state index in [1.54, 1.807) is 32.4 Å². The number of carbonyl (C=O) groups is 1. The van der Waals surface area contributed by atoms with Gasteiger partial charge in [-0.15, -0.1) is 0 Å². The molecule has 5 heteroatoms. The zero-order valence-corrected chi connectivity index (χ0v) is 13.9. The number of rotatable bonds is 3. The summed E-state index contributed by atoms with van der Waals surface area (Å²) in [6.45, 7) is 1.85. The highest BCUT2D eigenvalue weighted by Gasteiger charge is 2.35. The van der Waals surface area contributed by atoms with Crippen molar-refractivity contribution in [3.63, 3.8) is 0 Å². The Kier molecular flexibility index (Phi) is 4.18. The second-order valence-corrected chi connectivity index (χ2v) is 5.88. The molecular formula is C18H17ClO4. The lowest BCUT2D eigenvalue weighted by atomic mass is 9.87. The Bertz CT molecular complexity index is 757. The summed E-state index contributed by atoms with van der Waals surface area (Å²) >= 11 is 5.98. The van der Waals surface area contributed by atoms with Crippen molar-refractivity contribution in [1.82, 2.24) is 0 Å². The molecule has 23 heavy (non-hydrogen) atoms. The van der Waals surface area contributed by atoms with E-state index in [0.717, 1.165) is 5.56 Å². The van der Waals surface area contributed by atoms with E-state index in [4.69, 9.17) is 25.8 Å². The molecule has 1 aliphatic heterocycles. The zero-order valence-electron chi connectivity index (χ0n) is 13.1. The normalized spacial score (nSPS) is 19.7. The van der Waals surface area contributed by atoms with Crippen molar-refractivity contribution < 1.29 is 19.0 Å². The highest BCUT2D eigenvalue weighted by Crippen LogP contribution is 2.41. The Labute approximate surface area is 139 Å². The monoisotopic (exact) mass is 332 g/mol. The molecule has 0 bridgehead atoms. The van der Waals surface area contributed by atoms with E-state index in [2.05, 4.69) is 0 Å². The molecule has 0 amide bonds. The highest BCUT2D eigenvalue weighted by molar-refractivity contribution is 6.31. The number of Topliss-reactive ketones (excluding diaryl/α,β-unsaturated/α-hetero) is 1. The van der Waals surface area contributed by atoms with E-state index in [0.29, 0.717) is 27.8 Å². The third-order valence-corrected chi connectivity index (χ3v) is 4.30. The summed E-state index contributed by atoms with van der Waals surface area (Å²) < 4.78 is 16.6. The van der Waals surface area contributed by atoms with Crippen LogP contribution in [0.5, 0.6) is 17.2 Å². The van der Waals surface area contributed by atoms with Crippen LogP contribution in [0.15, 0.2) is 36.4 Å². The van der Waals surface area contributed by atoms with Crippen LogP contribution in [0.25, 0.3) is 0 Å². The van der Waals surface area contributed by atoms with Crippen LogP contribution in [0, 0.1) is 5.92 Å². The Hall–Kier alpha value is -2.20. The van der Waals surface area contributed by atoms with Gasteiger partial charge in [-0.2, -0.15) is 0 Å². The van der Waals surface area contributed by atoms with E-state index in [1.807, 2.05) is 25.1 Å². The average Bonchev–Trinajstić information content (AvgIpc) is 2.58. The fraction of sp³-hybridized carbons (Fsp3) is 0.278. The van der Waals surface area contributed by atoms with Gasteiger partial charge in [0.15, 0.2) is 17.3 Å². The van der Waals surface area contributed by atoms with Crippen molar-refractivity contribution in [3.05, 3.63) is 52.5 Å². The van der Waals surface area contributed by atoms with Crippen LogP contribution in [-0.2, 0) is 0 Å². The number of hydrogen-bond donors (Lipinski definition) is 0. The van der Waals surface area contributed by atoms with Crippen LogP contribution < -0.4 is 14.2 Å². The molecule has 0 saturated carbocycles. The number of carbonyl (C=O) groups excluding carboxylic acids is 1. The smallest absolute Gasteiger partial charge is 0.173 e. The maximum absolute atomic E-state index is 12.6. The topological polar surface area (TPSA) is 44.8 Å². The van der Waals surface area contributed by atoms with Crippen LogP contribution in [0.4, 0.5) is 0 Å². The molecule has 4 nitrogen and oxygen atoms in total. The Morgan fingerprint density at radius 3 is 2.48 bits per heavy atom. The fourth-order valence-corrected chi connectivity index (χ4v) is 2.98. The molecule has 120 valence electrons. The van der Waals surface area contributed by atoms with E-state index in [9.17, 15) is 4.79 Å². The minimum absolute atomic E-state index is 0.0218. The first-order valence-electron chi connectivity index (χ1n) is 7.27. The molecule has 0 N–H and O–H groups in total. The standard InChI is InChI=1S/C18H17ClO4/c1-10-17(20)13-9-12(19)5-7-14(13)23-18(10)11-4-6-15(21-2)16(8-11)22-3/h4-10,18H,1-3H3. The van der Waals surface area contributed by atoms with Crippen LogP contribution >= 0.6 is 11.6 Å². The summed E-state index contributed by atoms with van der Waals surface area (Å²) in [4.78, 5) is 12.6. The summed E-state index contributed by atoms with van der Waals surface area (Å²) in [7, 11) is 3.16. The van der Waals surface area contributed by atoms with E-state index in [1.165, 1.54) is 0 Å². The minimum atomic E-state index is -0.379. The third kappa shape index (κ3) is 2.75. The molecule has 2 aromatic carbocycles. The van der Waals surface area contributed by atoms with Gasteiger partial charge in [0.1, 0.15) is 11.9 Å². The predicted octanol–water partition coefficient (Wildman–Crippen LogP) is 4.31. The molecule has 2 aromatic rings. The Morgan fingerprint density at radius 2 is 1.78 bits per heavy atom. The van der Waals surface area contributed by atoms with Crippen molar-refractivity contribution in [2.45, 2.75) is 13.0 Å². The van der Waals surface area contributed by atoms with Crippen molar-refractivity contribution in [2.75, 3.05) is 14.2 Å². The van der Waals surface area contributed by atoms with Crippen LogP contribution in [0.3, 0.4) is 0 Å². The van der Waals surface area contributed by atoms with Gasteiger partial charge < -0.3 is 14.2 Å². The molecule has 1 aliphatic rings. The van der Waals surface area contributed by atoms with E-state index >= 15 is 0 Å². The van der Waals surface area contributed by atoms with Gasteiger partial charge in [0, 0.05) is 5.02 Å². The van der Waals surface area contributed by atoms with E-state index < -0.39 is 0 Å². The molecule has 0 spiro atoms. The molecule has 0 saturated heterocycles. The van der Waals surface area contributed by atoms with Gasteiger partial charge in [0.05, 0.1) is 25.7 Å². The molecule has 0 fully saturated rings. The van der Waals surface area contributed by atoms with Crippen molar-refractivity contribution in [2.24, 2.45) is 5.92 Å². The Morgan fingerprint density at radius 1 is 1.04 bits per heavy atom. The van der Waals surface area contributed by atoms with Crippen LogP contribution in [0.2, 0.25) is 5.02 Å². The Balaban J connectivity index is 2.01. The number of halogens is 1. The number of benzene rings is 2. The lowest BCUT2D eigenvalue weighted by Crippen LogP contribution is -2.29. The first-order chi connectivity index (χ1) is 11.0. The molecular weight excluding hydrogens is 316 g/mol. The van der Waals surface area contributed by atoms with Gasteiger partial charge in [0.25, 0.3) is 0 Å². The second kappa shape index (κ2) is 6.13. The quantitative estimate of drug-likeness (QED) is 0.840. The predicted molar refractivity (Wildman–Crippen MR) is 87.9 cm³/mol. The third-order valence-electron chi connectivity index (χ3n) is 4.06. The molecule has 2 atom stereocenters. The van der Waals surface area contributed by atoms with Gasteiger partial charge in [-0.05, 0) is 35.9 Å². The minimum Gasteiger partial charge on any atom is -0.493 e. The van der Waals surface area contributed by atoms with Crippen molar-refractivity contribution >= 4 is 17.4 Å². The summed E-state index contributed by atoms with van der Waals surface area (Å²) in [5.74, 6) is 1.50. The number of fused-ring (bicyclic) bond motifs is 1. The average molecular weight is 333 g/mol. The maximum Gasteiger partial charge on any atom is 0.173 e. The molecule has 0 radical (unpaired) electrons. The maximum atomic E-state index is 12.6. The first-order valence-corrected chi connectivity index (χ1v) is 7.65. The number of ether oxygens (including phenoxy) is 3. The number of hydrogen-bond acceptors (Lipinski definition) is 4.